The SMILES string of the molecule is COc1ccc2c(c1)CCC1=C2C1(Cl)Cl. The molecule has 0 atom stereocenters. The average molecular weight is 241 g/mol. The van der Waals surface area contributed by atoms with Crippen LogP contribution in [-0.2, 0) is 6.42 Å². The van der Waals surface area contributed by atoms with Crippen molar-refractivity contribution in [3.63, 3.8) is 0 Å². The van der Waals surface area contributed by atoms with E-state index in [1.165, 1.54) is 16.7 Å². The molecule has 0 amide bonds. The van der Waals surface area contributed by atoms with Crippen molar-refractivity contribution in [3.05, 3.63) is 34.9 Å². The summed E-state index contributed by atoms with van der Waals surface area (Å²) < 4.78 is 4.52. The Morgan fingerprint density at radius 3 is 2.80 bits per heavy atom. The van der Waals surface area contributed by atoms with Crippen LogP contribution in [0.15, 0.2) is 23.8 Å². The maximum atomic E-state index is 6.18. The van der Waals surface area contributed by atoms with Gasteiger partial charge in [-0.1, -0.05) is 29.3 Å². The van der Waals surface area contributed by atoms with Gasteiger partial charge in [0.15, 0.2) is 4.33 Å². The molecule has 0 saturated carbocycles. The van der Waals surface area contributed by atoms with Gasteiger partial charge in [0.25, 0.3) is 0 Å². The molecule has 78 valence electrons. The highest BCUT2D eigenvalue weighted by Crippen LogP contribution is 2.63. The van der Waals surface area contributed by atoms with Gasteiger partial charge in [0.05, 0.1) is 7.11 Å². The molecule has 2 aliphatic carbocycles. The number of methoxy groups -OCH3 is 1. The first-order valence-electron chi connectivity index (χ1n) is 4.94. The van der Waals surface area contributed by atoms with E-state index in [9.17, 15) is 0 Å². The Hall–Kier alpha value is -0.660. The predicted octanol–water partition coefficient (Wildman–Crippen LogP) is 3.58. The van der Waals surface area contributed by atoms with Crippen LogP contribution >= 0.6 is 23.2 Å². The van der Waals surface area contributed by atoms with Gasteiger partial charge in [0.1, 0.15) is 5.75 Å². The lowest BCUT2D eigenvalue weighted by Gasteiger charge is -2.10. The molecule has 1 aromatic carbocycles. The lowest BCUT2D eigenvalue weighted by Crippen LogP contribution is -1.95. The monoisotopic (exact) mass is 240 g/mol. The first-order chi connectivity index (χ1) is 7.14. The topological polar surface area (TPSA) is 9.23 Å². The van der Waals surface area contributed by atoms with Crippen LogP contribution in [0.3, 0.4) is 0 Å². The highest BCUT2D eigenvalue weighted by atomic mass is 35.5. The maximum absolute atomic E-state index is 6.18. The molecule has 0 bridgehead atoms. The smallest absolute Gasteiger partial charge is 0.165 e. The molecule has 1 aromatic rings. The van der Waals surface area contributed by atoms with E-state index in [1.54, 1.807) is 7.11 Å². The van der Waals surface area contributed by atoms with E-state index >= 15 is 0 Å². The molecule has 0 spiro atoms. The minimum absolute atomic E-state index is 0.681. The van der Waals surface area contributed by atoms with Gasteiger partial charge >= 0.3 is 0 Å². The zero-order valence-electron chi connectivity index (χ0n) is 8.31. The van der Waals surface area contributed by atoms with Crippen molar-refractivity contribution in [3.8, 4) is 5.75 Å². The van der Waals surface area contributed by atoms with Crippen molar-refractivity contribution in [2.24, 2.45) is 0 Å². The molecule has 0 radical (unpaired) electrons. The third-order valence-corrected chi connectivity index (χ3v) is 3.99. The second kappa shape index (κ2) is 2.93. The van der Waals surface area contributed by atoms with Crippen molar-refractivity contribution in [1.82, 2.24) is 0 Å². The van der Waals surface area contributed by atoms with Crippen LogP contribution in [0.1, 0.15) is 17.5 Å². The zero-order valence-corrected chi connectivity index (χ0v) is 9.82. The molecule has 0 aromatic heterocycles. The molecule has 0 aliphatic heterocycles. The lowest BCUT2D eigenvalue weighted by atomic mass is 9.97. The molecule has 3 rings (SSSR count). The second-order valence-electron chi connectivity index (χ2n) is 3.95. The number of aryl methyl sites for hydroxylation is 1. The highest BCUT2D eigenvalue weighted by Gasteiger charge is 2.52. The quantitative estimate of drug-likeness (QED) is 0.683. The Balaban J connectivity index is 2.08. The van der Waals surface area contributed by atoms with Gasteiger partial charge < -0.3 is 4.74 Å². The highest BCUT2D eigenvalue weighted by molar-refractivity contribution is 6.62. The van der Waals surface area contributed by atoms with Crippen LogP contribution in [-0.4, -0.2) is 11.4 Å². The van der Waals surface area contributed by atoms with E-state index in [2.05, 4.69) is 12.1 Å². The Morgan fingerprint density at radius 2 is 2.07 bits per heavy atom. The second-order valence-corrected chi connectivity index (χ2v) is 5.28. The summed E-state index contributed by atoms with van der Waals surface area (Å²) in [7, 11) is 1.68. The van der Waals surface area contributed by atoms with Crippen molar-refractivity contribution >= 4 is 28.8 Å². The number of halogens is 2. The normalized spacial score (nSPS) is 20.7. The molecule has 15 heavy (non-hydrogen) atoms. The van der Waals surface area contributed by atoms with Crippen LogP contribution in [0, 0.1) is 0 Å². The van der Waals surface area contributed by atoms with Crippen molar-refractivity contribution in [2.75, 3.05) is 7.11 Å². The Bertz CT molecular complexity index is 475. The van der Waals surface area contributed by atoms with Crippen molar-refractivity contribution < 1.29 is 4.74 Å². The third-order valence-electron chi connectivity index (χ3n) is 3.16. The van der Waals surface area contributed by atoms with Gasteiger partial charge in [-0.15, -0.1) is 0 Å². The van der Waals surface area contributed by atoms with E-state index in [4.69, 9.17) is 27.9 Å². The standard InChI is InChI=1S/C12H10Cl2O/c1-15-8-3-4-9-7(6-8)2-5-10-11(9)12(10,13)14/h3-4,6H,2,5H2,1H3. The fraction of sp³-hybridized carbons (Fsp3) is 0.333. The van der Waals surface area contributed by atoms with Gasteiger partial charge in [-0.05, 0) is 41.7 Å². The summed E-state index contributed by atoms with van der Waals surface area (Å²) in [5, 5.41) is 0. The van der Waals surface area contributed by atoms with Crippen LogP contribution in [0.2, 0.25) is 0 Å². The fourth-order valence-electron chi connectivity index (χ4n) is 2.30. The van der Waals surface area contributed by atoms with E-state index < -0.39 is 4.33 Å². The van der Waals surface area contributed by atoms with Gasteiger partial charge in [0.2, 0.25) is 0 Å². The van der Waals surface area contributed by atoms with Gasteiger partial charge in [-0.3, -0.25) is 0 Å². The van der Waals surface area contributed by atoms with E-state index in [0.717, 1.165) is 24.2 Å². The number of allylic oxidation sites excluding steroid dienone is 2. The molecule has 0 fully saturated rings. The Kier molecular flexibility index (Phi) is 1.87. The Labute approximate surface area is 98.6 Å². The Morgan fingerprint density at radius 1 is 1.27 bits per heavy atom. The fourth-order valence-corrected chi connectivity index (χ4v) is 3.02. The third kappa shape index (κ3) is 1.23. The molecular formula is C12H10Cl2O. The van der Waals surface area contributed by atoms with E-state index in [1.807, 2.05) is 6.07 Å². The molecule has 1 nitrogen and oxygen atoms in total. The number of hydrogen-bond acceptors (Lipinski definition) is 1. The van der Waals surface area contributed by atoms with Gasteiger partial charge in [-0.2, -0.15) is 0 Å². The van der Waals surface area contributed by atoms with Crippen LogP contribution in [0.4, 0.5) is 0 Å². The largest absolute Gasteiger partial charge is 0.497 e. The molecule has 2 aliphatic rings. The van der Waals surface area contributed by atoms with Gasteiger partial charge in [-0.25, -0.2) is 0 Å². The van der Waals surface area contributed by atoms with Crippen LogP contribution in [0.25, 0.3) is 5.57 Å². The summed E-state index contributed by atoms with van der Waals surface area (Å²) in [4.78, 5) is 0. The molecule has 0 N–H and O–H groups in total. The summed E-state index contributed by atoms with van der Waals surface area (Å²) in [5.41, 5.74) is 4.80. The summed E-state index contributed by atoms with van der Waals surface area (Å²) in [6, 6.07) is 6.08. The number of benzene rings is 1. The number of ether oxygens (including phenoxy) is 1. The summed E-state index contributed by atoms with van der Waals surface area (Å²) in [6.45, 7) is 0. The molecule has 0 saturated heterocycles. The summed E-state index contributed by atoms with van der Waals surface area (Å²) in [5.74, 6) is 0.896. The minimum atomic E-state index is -0.681. The minimum Gasteiger partial charge on any atom is -0.497 e. The van der Waals surface area contributed by atoms with E-state index in [0.29, 0.717) is 0 Å². The lowest BCUT2D eigenvalue weighted by molar-refractivity contribution is 0.414. The average Bonchev–Trinajstić information content (AvgIpc) is 2.81. The first-order valence-corrected chi connectivity index (χ1v) is 5.69. The number of fused-ring (bicyclic) bond motifs is 2. The molecule has 3 heteroatoms. The molecule has 0 heterocycles. The number of hydrogen-bond donors (Lipinski definition) is 0. The first kappa shape index (κ1) is 9.56. The molecule has 0 unspecified atom stereocenters. The van der Waals surface area contributed by atoms with Gasteiger partial charge in [0, 0.05) is 5.57 Å². The van der Waals surface area contributed by atoms with Crippen LogP contribution < -0.4 is 4.74 Å². The number of alkyl halides is 2. The zero-order chi connectivity index (χ0) is 10.6. The van der Waals surface area contributed by atoms with Crippen molar-refractivity contribution in [1.29, 1.82) is 0 Å². The van der Waals surface area contributed by atoms with Crippen molar-refractivity contribution in [2.45, 2.75) is 17.2 Å². The summed E-state index contributed by atoms with van der Waals surface area (Å²) >= 11 is 12.4. The van der Waals surface area contributed by atoms with E-state index in [-0.39, 0.29) is 0 Å². The number of rotatable bonds is 1. The molecular weight excluding hydrogens is 231 g/mol. The summed E-state index contributed by atoms with van der Waals surface area (Å²) in [6.07, 6.45) is 1.98. The van der Waals surface area contributed by atoms with Crippen LogP contribution in [0.5, 0.6) is 5.75 Å². The predicted molar refractivity (Wildman–Crippen MR) is 62.7 cm³/mol. The maximum Gasteiger partial charge on any atom is 0.165 e.